The Labute approximate surface area is 114 Å². The molecule has 2 fully saturated rings. The van der Waals surface area contributed by atoms with Crippen molar-refractivity contribution in [1.29, 1.82) is 0 Å². The zero-order valence-corrected chi connectivity index (χ0v) is 11.7. The highest BCUT2D eigenvalue weighted by Crippen LogP contribution is 2.25. The van der Waals surface area contributed by atoms with E-state index in [2.05, 4.69) is 6.92 Å². The van der Waals surface area contributed by atoms with Gasteiger partial charge in [-0.15, -0.1) is 0 Å². The minimum absolute atomic E-state index is 0.123. The molecular formula is C14H24N2O3. The van der Waals surface area contributed by atoms with Crippen LogP contribution in [0.15, 0.2) is 0 Å². The number of piperidine rings is 1. The molecule has 2 heterocycles. The van der Waals surface area contributed by atoms with Crippen LogP contribution in [0.1, 0.15) is 45.4 Å². The Hall–Kier alpha value is -1.26. The van der Waals surface area contributed by atoms with Gasteiger partial charge in [-0.05, 0) is 38.0 Å². The molecular weight excluding hydrogens is 244 g/mol. The van der Waals surface area contributed by atoms with E-state index in [0.29, 0.717) is 12.6 Å². The largest absolute Gasteiger partial charge is 0.481 e. The van der Waals surface area contributed by atoms with Crippen molar-refractivity contribution >= 4 is 12.0 Å². The number of carbonyl (C=O) groups excluding carboxylic acids is 1. The highest BCUT2D eigenvalue weighted by molar-refractivity contribution is 5.75. The monoisotopic (exact) mass is 268 g/mol. The van der Waals surface area contributed by atoms with Gasteiger partial charge < -0.3 is 14.9 Å². The van der Waals surface area contributed by atoms with Gasteiger partial charge in [0.05, 0.1) is 0 Å². The first-order chi connectivity index (χ1) is 9.11. The third-order valence-corrected chi connectivity index (χ3v) is 4.35. The summed E-state index contributed by atoms with van der Waals surface area (Å²) in [4.78, 5) is 27.1. The quantitative estimate of drug-likeness (QED) is 0.853. The summed E-state index contributed by atoms with van der Waals surface area (Å²) in [5.74, 6) is -0.634. The molecule has 0 saturated carbocycles. The van der Waals surface area contributed by atoms with Gasteiger partial charge in [-0.2, -0.15) is 0 Å². The van der Waals surface area contributed by atoms with Crippen molar-refractivity contribution in [2.24, 2.45) is 5.92 Å². The number of rotatable bonds is 3. The molecule has 5 heteroatoms. The summed E-state index contributed by atoms with van der Waals surface area (Å²) in [7, 11) is 0. The zero-order valence-electron chi connectivity index (χ0n) is 11.7. The first-order valence-electron chi connectivity index (χ1n) is 7.39. The fourth-order valence-corrected chi connectivity index (χ4v) is 3.35. The Balaban J connectivity index is 1.93. The molecule has 108 valence electrons. The Kier molecular flexibility index (Phi) is 4.66. The number of hydrogen-bond donors (Lipinski definition) is 1. The van der Waals surface area contributed by atoms with Gasteiger partial charge in [-0.1, -0.05) is 6.92 Å². The van der Waals surface area contributed by atoms with Crippen LogP contribution in [0, 0.1) is 5.92 Å². The van der Waals surface area contributed by atoms with Gasteiger partial charge in [0.2, 0.25) is 0 Å². The van der Waals surface area contributed by atoms with Crippen LogP contribution in [0.4, 0.5) is 4.79 Å². The lowest BCUT2D eigenvalue weighted by molar-refractivity contribution is -0.138. The topological polar surface area (TPSA) is 60.9 Å². The van der Waals surface area contributed by atoms with E-state index in [0.717, 1.165) is 45.2 Å². The minimum atomic E-state index is -0.757. The standard InChI is InChI=1S/C14H24N2O3/c1-2-12-6-4-8-16(12)14(19)15-7-3-5-11(10-15)9-13(17)18/h11-12H,2-10H2,1H3,(H,17,18). The molecule has 0 spiro atoms. The van der Waals surface area contributed by atoms with Crippen molar-refractivity contribution in [3.05, 3.63) is 0 Å². The first kappa shape index (κ1) is 14.2. The number of amides is 2. The number of carboxylic acids is 1. The van der Waals surface area contributed by atoms with Gasteiger partial charge >= 0.3 is 12.0 Å². The number of likely N-dealkylation sites (tertiary alicyclic amines) is 2. The number of carboxylic acid groups (broad SMARTS) is 1. The highest BCUT2D eigenvalue weighted by atomic mass is 16.4. The third kappa shape index (κ3) is 3.39. The van der Waals surface area contributed by atoms with E-state index in [1.807, 2.05) is 9.80 Å². The SMILES string of the molecule is CCC1CCCN1C(=O)N1CCCC(CC(=O)O)C1. The summed E-state index contributed by atoms with van der Waals surface area (Å²) in [6.07, 6.45) is 5.24. The smallest absolute Gasteiger partial charge is 0.320 e. The molecule has 0 bridgehead atoms. The van der Waals surface area contributed by atoms with E-state index in [1.165, 1.54) is 0 Å². The Morgan fingerprint density at radius 1 is 1.21 bits per heavy atom. The Bertz CT molecular complexity index is 346. The highest BCUT2D eigenvalue weighted by Gasteiger charge is 2.33. The van der Waals surface area contributed by atoms with Crippen molar-refractivity contribution in [1.82, 2.24) is 9.80 Å². The summed E-state index contributed by atoms with van der Waals surface area (Å²) in [5.41, 5.74) is 0. The summed E-state index contributed by atoms with van der Waals surface area (Å²) in [5, 5.41) is 8.87. The molecule has 2 saturated heterocycles. The summed E-state index contributed by atoms with van der Waals surface area (Å²) < 4.78 is 0. The molecule has 2 atom stereocenters. The Morgan fingerprint density at radius 2 is 1.95 bits per heavy atom. The van der Waals surface area contributed by atoms with Gasteiger partial charge in [0.25, 0.3) is 0 Å². The number of aliphatic carboxylic acids is 1. The predicted molar refractivity (Wildman–Crippen MR) is 72.0 cm³/mol. The maximum Gasteiger partial charge on any atom is 0.320 e. The number of urea groups is 1. The molecule has 2 rings (SSSR count). The lowest BCUT2D eigenvalue weighted by Gasteiger charge is -2.36. The molecule has 1 N–H and O–H groups in total. The van der Waals surface area contributed by atoms with Gasteiger partial charge in [-0.3, -0.25) is 4.79 Å². The number of nitrogens with zero attached hydrogens (tertiary/aromatic N) is 2. The molecule has 0 aromatic heterocycles. The van der Waals surface area contributed by atoms with E-state index in [4.69, 9.17) is 5.11 Å². The summed E-state index contributed by atoms with van der Waals surface area (Å²) in [6.45, 7) is 4.37. The second-order valence-corrected chi connectivity index (χ2v) is 5.73. The zero-order chi connectivity index (χ0) is 13.8. The molecule has 0 aromatic rings. The van der Waals surface area contributed by atoms with Gasteiger partial charge in [0.1, 0.15) is 0 Å². The summed E-state index contributed by atoms with van der Waals surface area (Å²) >= 11 is 0. The van der Waals surface area contributed by atoms with Crippen molar-refractivity contribution in [3.63, 3.8) is 0 Å². The van der Waals surface area contributed by atoms with E-state index in [1.54, 1.807) is 0 Å². The lowest BCUT2D eigenvalue weighted by Crippen LogP contribution is -2.49. The molecule has 2 aliphatic heterocycles. The second-order valence-electron chi connectivity index (χ2n) is 5.73. The molecule has 0 aliphatic carbocycles. The molecule has 19 heavy (non-hydrogen) atoms. The maximum atomic E-state index is 12.5. The van der Waals surface area contributed by atoms with Crippen molar-refractivity contribution in [3.8, 4) is 0 Å². The van der Waals surface area contributed by atoms with Crippen LogP contribution in [0.2, 0.25) is 0 Å². The van der Waals surface area contributed by atoms with Crippen molar-refractivity contribution in [2.45, 2.75) is 51.5 Å². The third-order valence-electron chi connectivity index (χ3n) is 4.35. The van der Waals surface area contributed by atoms with Gasteiger partial charge in [0, 0.05) is 32.1 Å². The maximum absolute atomic E-state index is 12.5. The molecule has 0 radical (unpaired) electrons. The molecule has 5 nitrogen and oxygen atoms in total. The normalized spacial score (nSPS) is 27.6. The second kappa shape index (κ2) is 6.26. The van der Waals surface area contributed by atoms with Crippen LogP contribution in [-0.4, -0.2) is 52.6 Å². The van der Waals surface area contributed by atoms with Crippen LogP contribution in [0.3, 0.4) is 0 Å². The number of carbonyl (C=O) groups is 2. The van der Waals surface area contributed by atoms with Crippen LogP contribution in [0.5, 0.6) is 0 Å². The van der Waals surface area contributed by atoms with Crippen molar-refractivity contribution in [2.75, 3.05) is 19.6 Å². The van der Waals surface area contributed by atoms with Crippen molar-refractivity contribution < 1.29 is 14.7 Å². The molecule has 2 unspecified atom stereocenters. The average molecular weight is 268 g/mol. The minimum Gasteiger partial charge on any atom is -0.481 e. The van der Waals surface area contributed by atoms with E-state index in [9.17, 15) is 9.59 Å². The Morgan fingerprint density at radius 3 is 2.63 bits per heavy atom. The van der Waals surface area contributed by atoms with E-state index in [-0.39, 0.29) is 18.4 Å². The molecule has 2 aliphatic rings. The van der Waals surface area contributed by atoms with Crippen LogP contribution in [0.25, 0.3) is 0 Å². The average Bonchev–Trinajstić information content (AvgIpc) is 2.85. The van der Waals surface area contributed by atoms with Crippen LogP contribution >= 0.6 is 0 Å². The van der Waals surface area contributed by atoms with Gasteiger partial charge in [0.15, 0.2) is 0 Å². The fourth-order valence-electron chi connectivity index (χ4n) is 3.35. The predicted octanol–water partition coefficient (Wildman–Crippen LogP) is 2.17. The fraction of sp³-hybridized carbons (Fsp3) is 0.857. The van der Waals surface area contributed by atoms with Crippen LogP contribution in [-0.2, 0) is 4.79 Å². The van der Waals surface area contributed by atoms with Gasteiger partial charge in [-0.25, -0.2) is 4.79 Å². The molecule has 0 aromatic carbocycles. The van der Waals surface area contributed by atoms with E-state index >= 15 is 0 Å². The number of hydrogen-bond acceptors (Lipinski definition) is 2. The molecule has 2 amide bonds. The van der Waals surface area contributed by atoms with Crippen LogP contribution < -0.4 is 0 Å². The first-order valence-corrected chi connectivity index (χ1v) is 7.39. The summed E-state index contributed by atoms with van der Waals surface area (Å²) in [6, 6.07) is 0.506. The lowest BCUT2D eigenvalue weighted by atomic mass is 9.95. The van der Waals surface area contributed by atoms with E-state index < -0.39 is 5.97 Å².